The highest BCUT2D eigenvalue weighted by atomic mass is 16.4. The van der Waals surface area contributed by atoms with E-state index in [9.17, 15) is 24.0 Å². The molecular formula is C24H30N4O6. The van der Waals surface area contributed by atoms with Crippen LogP contribution in [0.4, 0.5) is 5.69 Å². The third kappa shape index (κ3) is 5.11. The first-order valence-corrected chi connectivity index (χ1v) is 11.9. The Balaban J connectivity index is 1.31. The van der Waals surface area contributed by atoms with E-state index in [1.807, 2.05) is 6.07 Å². The van der Waals surface area contributed by atoms with Gasteiger partial charge in [-0.1, -0.05) is 12.8 Å². The Morgan fingerprint density at radius 3 is 2.35 bits per heavy atom. The summed E-state index contributed by atoms with van der Waals surface area (Å²) in [7, 11) is 0. The number of nitrogens with zero attached hydrogens (tertiary/aromatic N) is 3. The van der Waals surface area contributed by atoms with Gasteiger partial charge in [-0.25, -0.2) is 0 Å². The SMILES string of the molecule is O=C(O)CCCCCCN1CCN(c2ccc3c(c2)C(=O)N(C2CCC(=O)NC2=O)C3=O)CC1. The number of carboxylic acids is 1. The first-order valence-electron chi connectivity index (χ1n) is 11.9. The summed E-state index contributed by atoms with van der Waals surface area (Å²) in [5.74, 6) is -2.72. The van der Waals surface area contributed by atoms with Crippen molar-refractivity contribution in [3.63, 3.8) is 0 Å². The maximum absolute atomic E-state index is 13.0. The molecule has 3 aliphatic rings. The van der Waals surface area contributed by atoms with E-state index in [4.69, 9.17) is 5.11 Å². The van der Waals surface area contributed by atoms with Gasteiger partial charge in [0.15, 0.2) is 0 Å². The van der Waals surface area contributed by atoms with E-state index in [1.165, 1.54) is 0 Å². The van der Waals surface area contributed by atoms with Crippen LogP contribution < -0.4 is 10.2 Å². The van der Waals surface area contributed by atoms with E-state index in [0.29, 0.717) is 11.1 Å². The van der Waals surface area contributed by atoms with E-state index in [1.54, 1.807) is 12.1 Å². The lowest BCUT2D eigenvalue weighted by Gasteiger charge is -2.36. The zero-order chi connectivity index (χ0) is 24.2. The average molecular weight is 471 g/mol. The van der Waals surface area contributed by atoms with Crippen LogP contribution in [-0.2, 0) is 14.4 Å². The molecule has 2 N–H and O–H groups in total. The number of anilines is 1. The number of rotatable bonds is 9. The fourth-order valence-corrected chi connectivity index (χ4v) is 4.85. The van der Waals surface area contributed by atoms with Crippen LogP contribution in [-0.4, -0.2) is 83.3 Å². The highest BCUT2D eigenvalue weighted by Crippen LogP contribution is 2.31. The van der Waals surface area contributed by atoms with Gasteiger partial charge in [0.25, 0.3) is 11.8 Å². The Kier molecular flexibility index (Phi) is 7.26. The van der Waals surface area contributed by atoms with Crippen molar-refractivity contribution in [3.05, 3.63) is 29.3 Å². The summed E-state index contributed by atoms with van der Waals surface area (Å²) in [6.07, 6.45) is 4.21. The molecule has 10 heteroatoms. The summed E-state index contributed by atoms with van der Waals surface area (Å²) >= 11 is 0. The molecule has 1 atom stereocenters. The molecule has 2 saturated heterocycles. The van der Waals surface area contributed by atoms with Gasteiger partial charge >= 0.3 is 5.97 Å². The van der Waals surface area contributed by atoms with Gasteiger partial charge in [-0.05, 0) is 44.0 Å². The van der Waals surface area contributed by atoms with Crippen molar-refractivity contribution >= 4 is 35.3 Å². The van der Waals surface area contributed by atoms with Crippen LogP contribution >= 0.6 is 0 Å². The van der Waals surface area contributed by atoms with Crippen LogP contribution in [0.5, 0.6) is 0 Å². The predicted octanol–water partition coefficient (Wildman–Crippen LogP) is 1.24. The lowest BCUT2D eigenvalue weighted by molar-refractivity contribution is -0.138. The number of piperazine rings is 1. The van der Waals surface area contributed by atoms with Crippen LogP contribution in [0.25, 0.3) is 0 Å². The second kappa shape index (κ2) is 10.3. The van der Waals surface area contributed by atoms with Crippen LogP contribution in [0, 0.1) is 0 Å². The number of unbranched alkanes of at least 4 members (excludes halogenated alkanes) is 3. The summed E-state index contributed by atoms with van der Waals surface area (Å²) in [5.41, 5.74) is 1.47. The van der Waals surface area contributed by atoms with Gasteiger partial charge in [-0.15, -0.1) is 0 Å². The summed E-state index contributed by atoms with van der Waals surface area (Å²) < 4.78 is 0. The van der Waals surface area contributed by atoms with Crippen molar-refractivity contribution in [2.24, 2.45) is 0 Å². The number of carbonyl (C=O) groups is 5. The number of piperidine rings is 1. The fraction of sp³-hybridized carbons (Fsp3) is 0.542. The van der Waals surface area contributed by atoms with Crippen LogP contribution in [0.15, 0.2) is 18.2 Å². The topological polar surface area (TPSA) is 127 Å². The monoisotopic (exact) mass is 470 g/mol. The molecule has 2 fully saturated rings. The van der Waals surface area contributed by atoms with Gasteiger partial charge in [0.1, 0.15) is 6.04 Å². The number of hydrogen-bond acceptors (Lipinski definition) is 7. The number of amides is 4. The van der Waals surface area contributed by atoms with E-state index >= 15 is 0 Å². The van der Waals surface area contributed by atoms with Crippen LogP contribution in [0.2, 0.25) is 0 Å². The van der Waals surface area contributed by atoms with Gasteiger partial charge in [-0.2, -0.15) is 0 Å². The lowest BCUT2D eigenvalue weighted by atomic mass is 10.0. The van der Waals surface area contributed by atoms with Gasteiger partial charge in [0.2, 0.25) is 11.8 Å². The second-order valence-electron chi connectivity index (χ2n) is 9.06. The minimum atomic E-state index is -0.957. The molecule has 34 heavy (non-hydrogen) atoms. The molecule has 0 saturated carbocycles. The molecule has 1 aromatic carbocycles. The van der Waals surface area contributed by atoms with Crippen molar-refractivity contribution in [1.29, 1.82) is 0 Å². The summed E-state index contributed by atoms with van der Waals surface area (Å²) in [6.45, 7) is 4.37. The van der Waals surface area contributed by atoms with Gasteiger partial charge in [0.05, 0.1) is 11.1 Å². The molecule has 10 nitrogen and oxygen atoms in total. The molecule has 0 aliphatic carbocycles. The number of nitrogens with one attached hydrogen (secondary N) is 1. The number of hydrogen-bond donors (Lipinski definition) is 2. The lowest BCUT2D eigenvalue weighted by Crippen LogP contribution is -2.54. The summed E-state index contributed by atoms with van der Waals surface area (Å²) in [5, 5.41) is 10.9. The highest BCUT2D eigenvalue weighted by molar-refractivity contribution is 6.23. The van der Waals surface area contributed by atoms with Crippen LogP contribution in [0.1, 0.15) is 65.7 Å². The van der Waals surface area contributed by atoms with Gasteiger partial charge in [-0.3, -0.25) is 39.1 Å². The first kappa shape index (κ1) is 23.9. The number of carbonyl (C=O) groups excluding carboxylic acids is 4. The maximum Gasteiger partial charge on any atom is 0.303 e. The minimum Gasteiger partial charge on any atom is -0.481 e. The number of fused-ring (bicyclic) bond motifs is 1. The summed E-state index contributed by atoms with van der Waals surface area (Å²) in [4.78, 5) is 65.7. The molecule has 0 spiro atoms. The number of imide groups is 2. The standard InChI is InChI=1S/C24H30N4O6/c29-20-9-8-19(22(32)25-20)28-23(33)17-7-6-16(15-18(17)24(28)34)27-13-11-26(12-14-27)10-4-2-1-3-5-21(30)31/h6-7,15,19H,1-5,8-14H2,(H,30,31)(H,25,29,32). The quantitative estimate of drug-likeness (QED) is 0.408. The zero-order valence-corrected chi connectivity index (χ0v) is 19.1. The Hall–Kier alpha value is -3.27. The maximum atomic E-state index is 13.0. The molecule has 0 radical (unpaired) electrons. The zero-order valence-electron chi connectivity index (χ0n) is 19.1. The molecule has 1 aromatic rings. The molecule has 3 aliphatic heterocycles. The molecular weight excluding hydrogens is 440 g/mol. The molecule has 3 heterocycles. The minimum absolute atomic E-state index is 0.0989. The number of aliphatic carboxylic acids is 1. The largest absolute Gasteiger partial charge is 0.481 e. The van der Waals surface area contributed by atoms with Crippen molar-refractivity contribution in [3.8, 4) is 0 Å². The van der Waals surface area contributed by atoms with Crippen molar-refractivity contribution in [2.45, 2.75) is 51.0 Å². The first-order chi connectivity index (χ1) is 16.3. The predicted molar refractivity (Wildman–Crippen MR) is 122 cm³/mol. The van der Waals surface area contributed by atoms with Crippen LogP contribution in [0.3, 0.4) is 0 Å². The Morgan fingerprint density at radius 1 is 0.941 bits per heavy atom. The van der Waals surface area contributed by atoms with Gasteiger partial charge in [0, 0.05) is 44.7 Å². The van der Waals surface area contributed by atoms with Crippen molar-refractivity contribution in [2.75, 3.05) is 37.6 Å². The molecule has 4 amide bonds. The van der Waals surface area contributed by atoms with E-state index in [-0.39, 0.29) is 19.3 Å². The van der Waals surface area contributed by atoms with E-state index in [2.05, 4.69) is 15.1 Å². The molecule has 1 unspecified atom stereocenters. The highest BCUT2D eigenvalue weighted by Gasteiger charge is 2.44. The molecule has 0 bridgehead atoms. The Labute approximate surface area is 197 Å². The second-order valence-corrected chi connectivity index (χ2v) is 9.06. The fourth-order valence-electron chi connectivity index (χ4n) is 4.85. The smallest absolute Gasteiger partial charge is 0.303 e. The van der Waals surface area contributed by atoms with Gasteiger partial charge < -0.3 is 10.0 Å². The number of benzene rings is 1. The Morgan fingerprint density at radius 2 is 1.65 bits per heavy atom. The molecule has 0 aromatic heterocycles. The number of carboxylic acid groups (broad SMARTS) is 1. The van der Waals surface area contributed by atoms with E-state index < -0.39 is 35.6 Å². The average Bonchev–Trinajstić information content (AvgIpc) is 3.06. The Bertz CT molecular complexity index is 1000. The normalized spacial score (nSPS) is 21.1. The third-order valence-corrected chi connectivity index (χ3v) is 6.78. The molecule has 182 valence electrons. The van der Waals surface area contributed by atoms with E-state index in [0.717, 1.165) is 69.0 Å². The van der Waals surface area contributed by atoms with Crippen molar-refractivity contribution < 1.29 is 29.1 Å². The van der Waals surface area contributed by atoms with Crippen molar-refractivity contribution in [1.82, 2.24) is 15.1 Å². The molecule has 4 rings (SSSR count). The third-order valence-electron chi connectivity index (χ3n) is 6.78. The summed E-state index contributed by atoms with van der Waals surface area (Å²) in [6, 6.07) is 4.27.